The summed E-state index contributed by atoms with van der Waals surface area (Å²) < 4.78 is 10.9. The van der Waals surface area contributed by atoms with Crippen molar-refractivity contribution in [2.45, 2.75) is 229 Å². The van der Waals surface area contributed by atoms with Crippen LogP contribution in [0.3, 0.4) is 0 Å². The summed E-state index contributed by atoms with van der Waals surface area (Å²) in [5.74, 6) is -29.8. The number of Topliss-reactive ketones (excluding diaryl/α,β-unsaturated/α-hetero) is 1. The molecule has 1 aromatic heterocycles. The van der Waals surface area contributed by atoms with E-state index in [1.165, 1.54) is 45.0 Å². The average molecular weight is 1740 g/mol. The molecule has 25 N–H and O–H groups in total. The molecule has 46 heteroatoms. The zero-order chi connectivity index (χ0) is 92.0. The molecule has 13 atom stereocenters. The summed E-state index contributed by atoms with van der Waals surface area (Å²) in [4.78, 5) is 291. The molecule has 3 aromatic rings. The van der Waals surface area contributed by atoms with E-state index in [1.807, 2.05) is 16.0 Å². The predicted octanol–water partition coefficient (Wildman–Crippen LogP) is -4.26. The first-order valence-electron chi connectivity index (χ1n) is 39.4. The van der Waals surface area contributed by atoms with Gasteiger partial charge >= 0.3 is 42.0 Å². The highest BCUT2D eigenvalue weighted by atomic mass is 16.6. The van der Waals surface area contributed by atoms with E-state index in [-0.39, 0.29) is 37.2 Å². The Kier molecular flexibility index (Phi) is 41.8. The van der Waals surface area contributed by atoms with E-state index in [0.717, 1.165) is 59.3 Å². The molecular formula is C77H110N18O28. The molecule has 676 valence electrons. The van der Waals surface area contributed by atoms with Gasteiger partial charge in [0.15, 0.2) is 5.78 Å². The number of aromatic nitrogens is 1. The highest BCUT2D eigenvalue weighted by Crippen LogP contribution is 2.22. The van der Waals surface area contributed by atoms with Gasteiger partial charge in [-0.05, 0) is 83.6 Å². The Bertz CT molecular complexity index is 4320. The van der Waals surface area contributed by atoms with Crippen LogP contribution in [0.25, 0.3) is 10.9 Å². The number of aliphatic hydroxyl groups excluding tert-OH is 1. The number of amides is 16. The van der Waals surface area contributed by atoms with Crippen LogP contribution in [0.15, 0.2) is 54.7 Å². The van der Waals surface area contributed by atoms with Crippen LogP contribution in [-0.4, -0.2) is 266 Å². The van der Waals surface area contributed by atoms with Crippen molar-refractivity contribution in [2.24, 2.45) is 11.7 Å². The Balaban J connectivity index is 1.91. The van der Waals surface area contributed by atoms with Crippen LogP contribution in [0.2, 0.25) is 0 Å². The number of carboxylic acids is 4. The van der Waals surface area contributed by atoms with E-state index in [4.69, 9.17) is 20.9 Å². The number of ether oxygens (including phenoxy) is 2. The van der Waals surface area contributed by atoms with Crippen LogP contribution in [0.1, 0.15) is 161 Å². The number of esters is 1. The number of nitrogens with one attached hydrogen (secondary N) is 16. The molecular weight excluding hydrogens is 1620 g/mol. The number of carboxylic acid groups (broad SMARTS) is 4. The number of unbranched alkanes of at least 4 members (excludes halogenated alkanes) is 6. The standard InChI is InChI=1S/C77H110N18O28/c1-8-9-10-11-12-13-18-25-80-75(120)93-47(28-41-34-82-45-23-17-15-20-42(41)45)68(113)89-48(30-55(79)98)69(114)91-51(33-61(107)108)70(115)95-63-40(4)122-74(119)52(29-54(97)43-21-14-16-22-44(43)78)92-73(118)62(38(2)27-58(101)102)94-71(116)53(37-96)87-57(100)35-83-65(110)49(31-59(103)104)88-64(109)39(3)85-67(112)50(32-60(105)106)90-66(111)46(86-56(99)36-84-72(63)117)24-19-26-81-76(121)123-77(5,6)7/h14-17,20-23,34,38-40,46-53,62-63,82,96H,8-13,18-19,24-33,35-37,78H2,1-7H3,(H2,79,98)(H,81,121)(H,83,110)(H,84,117)(H,85,112)(H,86,99)(H,87,100)(H,88,109)(H,89,113)(H,90,111)(H,91,114)(H,92,118)(H,94,116)(H,95,115)(H,101,102)(H,103,104)(H,105,106)(H,107,108)(H2,80,93,120). The molecule has 0 spiro atoms. The van der Waals surface area contributed by atoms with Gasteiger partial charge in [-0.3, -0.25) is 86.3 Å². The van der Waals surface area contributed by atoms with Gasteiger partial charge in [-0.25, -0.2) is 14.4 Å². The zero-order valence-corrected chi connectivity index (χ0v) is 68.8. The summed E-state index contributed by atoms with van der Waals surface area (Å²) in [6.45, 7) is 5.63. The number of ketones is 1. The van der Waals surface area contributed by atoms with Crippen LogP contribution in [0, 0.1) is 5.92 Å². The number of anilines is 1. The number of hydrogen-bond acceptors (Lipinski definition) is 25. The minimum Gasteiger partial charge on any atom is -0.481 e. The van der Waals surface area contributed by atoms with Gasteiger partial charge in [0.25, 0.3) is 0 Å². The normalized spacial score (nSPS) is 20.6. The summed E-state index contributed by atoms with van der Waals surface area (Å²) in [7, 11) is 0. The Labute approximate surface area is 704 Å². The third-order valence-electron chi connectivity index (χ3n) is 18.5. The zero-order valence-electron chi connectivity index (χ0n) is 68.8. The molecule has 0 aliphatic carbocycles. The minimum atomic E-state index is -2.50. The van der Waals surface area contributed by atoms with E-state index in [9.17, 15) is 126 Å². The van der Waals surface area contributed by atoms with Gasteiger partial charge in [0.1, 0.15) is 78.2 Å². The molecule has 16 amide bonds. The number of carbonyl (C=O) groups is 21. The molecule has 0 radical (unpaired) electrons. The summed E-state index contributed by atoms with van der Waals surface area (Å²) in [5.41, 5.74) is 11.3. The summed E-state index contributed by atoms with van der Waals surface area (Å²) in [6, 6.07) is -12.0. The molecule has 2 aromatic carbocycles. The third-order valence-corrected chi connectivity index (χ3v) is 18.5. The summed E-state index contributed by atoms with van der Waals surface area (Å²) >= 11 is 0. The van der Waals surface area contributed by atoms with Crippen molar-refractivity contribution < 1.29 is 136 Å². The van der Waals surface area contributed by atoms with Gasteiger partial charge in [0.2, 0.25) is 76.8 Å². The molecule has 1 fully saturated rings. The van der Waals surface area contributed by atoms with Gasteiger partial charge in [-0.15, -0.1) is 0 Å². The molecule has 46 nitrogen and oxygen atoms in total. The van der Waals surface area contributed by atoms with Crippen LogP contribution in [0.5, 0.6) is 0 Å². The van der Waals surface area contributed by atoms with E-state index >= 15 is 0 Å². The monoisotopic (exact) mass is 1730 g/mol. The fraction of sp³-hybridized carbons (Fsp3) is 0.545. The van der Waals surface area contributed by atoms with E-state index in [2.05, 4.69) is 75.7 Å². The van der Waals surface area contributed by atoms with Crippen LogP contribution < -0.4 is 91.2 Å². The number of aromatic amines is 1. The number of aliphatic carboxylic acids is 4. The molecule has 123 heavy (non-hydrogen) atoms. The fourth-order valence-electron chi connectivity index (χ4n) is 12.2. The van der Waals surface area contributed by atoms with Crippen molar-refractivity contribution >= 4 is 141 Å². The first kappa shape index (κ1) is 102. The lowest BCUT2D eigenvalue weighted by Crippen LogP contribution is -2.62. The van der Waals surface area contributed by atoms with E-state index in [1.54, 1.807) is 30.5 Å². The van der Waals surface area contributed by atoms with Crippen molar-refractivity contribution in [1.29, 1.82) is 0 Å². The van der Waals surface area contributed by atoms with Crippen LogP contribution >= 0.6 is 0 Å². The highest BCUT2D eigenvalue weighted by Gasteiger charge is 2.41. The number of cyclic esters (lactones) is 1. The maximum absolute atomic E-state index is 14.9. The lowest BCUT2D eigenvalue weighted by atomic mass is 9.96. The van der Waals surface area contributed by atoms with Crippen molar-refractivity contribution in [3.8, 4) is 0 Å². The second kappa shape index (κ2) is 50.5. The maximum atomic E-state index is 14.9. The number of primary amides is 1. The smallest absolute Gasteiger partial charge is 0.407 e. The Morgan fingerprint density at radius 3 is 1.69 bits per heavy atom. The first-order chi connectivity index (χ1) is 57.9. The number of benzene rings is 2. The quantitative estimate of drug-likeness (QED) is 0.0113. The number of nitrogens with two attached hydrogens (primary N) is 2. The largest absolute Gasteiger partial charge is 0.481 e. The Morgan fingerprint density at radius 1 is 0.553 bits per heavy atom. The van der Waals surface area contributed by atoms with Crippen LogP contribution in [-0.2, 0) is 102 Å². The van der Waals surface area contributed by atoms with Crippen molar-refractivity contribution in [2.75, 3.05) is 38.5 Å². The number of rotatable bonds is 36. The predicted molar refractivity (Wildman–Crippen MR) is 429 cm³/mol. The number of H-pyrrole nitrogens is 1. The van der Waals surface area contributed by atoms with E-state index < -0.39 is 273 Å². The summed E-state index contributed by atoms with van der Waals surface area (Å²) in [6.07, 6.45) is -3.50. The molecule has 0 bridgehead atoms. The Hall–Kier alpha value is -13.6. The molecule has 4 rings (SSSR count). The second-order valence-electron chi connectivity index (χ2n) is 30.0. The summed E-state index contributed by atoms with van der Waals surface area (Å²) in [5, 5.41) is 83.9. The Morgan fingerprint density at radius 2 is 1.09 bits per heavy atom. The molecule has 2 heterocycles. The lowest BCUT2D eigenvalue weighted by molar-refractivity contribution is -0.156. The van der Waals surface area contributed by atoms with E-state index in [0.29, 0.717) is 22.9 Å². The molecule has 13 unspecified atom stereocenters. The second-order valence-corrected chi connectivity index (χ2v) is 30.0. The van der Waals surface area contributed by atoms with Crippen molar-refractivity contribution in [3.05, 3.63) is 65.9 Å². The molecule has 0 saturated carbocycles. The molecule has 1 aliphatic heterocycles. The number of hydrogen-bond donors (Lipinski definition) is 23. The van der Waals surface area contributed by atoms with Gasteiger partial charge in [0, 0.05) is 54.3 Å². The van der Waals surface area contributed by atoms with Gasteiger partial charge in [-0.1, -0.05) is 82.7 Å². The first-order valence-corrected chi connectivity index (χ1v) is 39.4. The van der Waals surface area contributed by atoms with Gasteiger partial charge in [-0.2, -0.15) is 0 Å². The third kappa shape index (κ3) is 36.5. The number of aliphatic hydroxyl groups is 1. The maximum Gasteiger partial charge on any atom is 0.407 e. The number of alkyl carbamates (subject to hydrolysis) is 1. The number of para-hydroxylation sites is 2. The van der Waals surface area contributed by atoms with Gasteiger partial charge in [0.05, 0.1) is 51.8 Å². The number of urea groups is 1. The van der Waals surface area contributed by atoms with Crippen LogP contribution in [0.4, 0.5) is 15.3 Å². The number of nitrogen functional groups attached to an aromatic ring is 1. The highest BCUT2D eigenvalue weighted by molar-refractivity contribution is 6.05. The van der Waals surface area contributed by atoms with Crippen molar-refractivity contribution in [1.82, 2.24) is 84.7 Å². The topological polar surface area (TPSA) is 726 Å². The molecule has 1 aliphatic rings. The van der Waals surface area contributed by atoms with Crippen molar-refractivity contribution in [3.63, 3.8) is 0 Å². The number of carbonyl (C=O) groups excluding carboxylic acids is 17. The van der Waals surface area contributed by atoms with Gasteiger partial charge < -0.3 is 131 Å². The fourth-order valence-corrected chi connectivity index (χ4v) is 12.2. The molecule has 1 saturated heterocycles. The lowest BCUT2D eigenvalue weighted by Gasteiger charge is -2.30. The minimum absolute atomic E-state index is 0.186. The number of fused-ring (bicyclic) bond motifs is 1. The SMILES string of the molecule is CCCCCCCCCNC(=O)NC(Cc1c[nH]c2ccccc12)C(=O)NC(CC(N)=O)C(=O)NC(CC(=O)O)C(=O)NC1C(=O)NCC(=O)NC(CCCNC(=O)OC(C)(C)C)C(=O)NC(CC(=O)O)C(=O)NC(C)C(=O)NC(CC(=O)O)C(=O)NCC(=O)NC(CO)C(=O)NC(C(C)CC(=O)O)C(=O)NC(CC(=O)c2ccccc2N)C(=O)OC1C. The average Bonchev–Trinajstić information content (AvgIpc) is 1.77.